The molecule has 0 aromatic heterocycles. The summed E-state index contributed by atoms with van der Waals surface area (Å²) >= 11 is 0. The van der Waals surface area contributed by atoms with E-state index in [4.69, 9.17) is 4.74 Å². The molecule has 1 atom stereocenters. The molecule has 1 N–H and O–H groups in total. The van der Waals surface area contributed by atoms with Crippen LogP contribution in [0.25, 0.3) is 0 Å². The minimum atomic E-state index is -0.416. The molecule has 4 heteroatoms. The normalized spacial score (nSPS) is 31.0. The van der Waals surface area contributed by atoms with E-state index in [1.807, 2.05) is 25.7 Å². The lowest BCUT2D eigenvalue weighted by molar-refractivity contribution is 0.00625. The molecular formula is C21H40N2O2. The number of ether oxygens (including phenoxy) is 1. The van der Waals surface area contributed by atoms with Gasteiger partial charge in [-0.15, -0.1) is 0 Å². The van der Waals surface area contributed by atoms with Gasteiger partial charge in [0.15, 0.2) is 0 Å². The van der Waals surface area contributed by atoms with Gasteiger partial charge >= 0.3 is 6.09 Å². The van der Waals surface area contributed by atoms with Gasteiger partial charge in [-0.05, 0) is 70.6 Å². The number of hydrogen-bond acceptors (Lipinski definition) is 3. The second-order valence-corrected chi connectivity index (χ2v) is 9.70. The van der Waals surface area contributed by atoms with Crippen LogP contribution in [0.3, 0.4) is 0 Å². The molecule has 2 aliphatic rings. The Balaban J connectivity index is 1.78. The summed E-state index contributed by atoms with van der Waals surface area (Å²) in [6.07, 6.45) is 10.2. The Morgan fingerprint density at radius 1 is 1.24 bits per heavy atom. The second kappa shape index (κ2) is 8.75. The number of nitrogens with one attached hydrogen (secondary N) is 1. The van der Waals surface area contributed by atoms with Crippen molar-refractivity contribution in [1.29, 1.82) is 0 Å². The third-order valence-electron chi connectivity index (χ3n) is 5.79. The molecule has 2 fully saturated rings. The molecule has 1 heterocycles. The van der Waals surface area contributed by atoms with Gasteiger partial charge in [-0.25, -0.2) is 4.79 Å². The van der Waals surface area contributed by atoms with Gasteiger partial charge in [0.05, 0.1) is 0 Å². The van der Waals surface area contributed by atoms with E-state index in [1.54, 1.807) is 0 Å². The molecule has 0 bridgehead atoms. The number of amides is 1. The van der Waals surface area contributed by atoms with Gasteiger partial charge in [0.1, 0.15) is 5.60 Å². The highest BCUT2D eigenvalue weighted by molar-refractivity contribution is 5.68. The van der Waals surface area contributed by atoms with Crippen LogP contribution in [-0.2, 0) is 4.74 Å². The van der Waals surface area contributed by atoms with Gasteiger partial charge in [0, 0.05) is 25.7 Å². The summed E-state index contributed by atoms with van der Waals surface area (Å²) in [7, 11) is 0. The standard InChI is InChI=1S/C21H40N2O2/c1-6-8-17-9-11-18(12-10-17)22-15-21(5)13-7-14-23(16-21)19(24)25-20(2,3)4/h17-18,22H,6-16H2,1-5H3. The van der Waals surface area contributed by atoms with E-state index >= 15 is 0 Å². The average molecular weight is 353 g/mol. The Morgan fingerprint density at radius 3 is 2.52 bits per heavy atom. The largest absolute Gasteiger partial charge is 0.444 e. The van der Waals surface area contributed by atoms with E-state index in [9.17, 15) is 4.79 Å². The predicted molar refractivity (Wildman–Crippen MR) is 104 cm³/mol. The maximum Gasteiger partial charge on any atom is 0.410 e. The quantitative estimate of drug-likeness (QED) is 0.759. The van der Waals surface area contributed by atoms with Crippen molar-refractivity contribution in [2.75, 3.05) is 19.6 Å². The molecule has 1 unspecified atom stereocenters. The van der Waals surface area contributed by atoms with Crippen molar-refractivity contribution in [2.45, 2.75) is 97.6 Å². The summed E-state index contributed by atoms with van der Waals surface area (Å²) in [6.45, 7) is 13.1. The molecule has 1 saturated heterocycles. The fourth-order valence-electron chi connectivity index (χ4n) is 4.40. The maximum absolute atomic E-state index is 12.4. The first-order valence-electron chi connectivity index (χ1n) is 10.4. The molecule has 0 aromatic carbocycles. The van der Waals surface area contributed by atoms with E-state index in [-0.39, 0.29) is 11.5 Å². The highest BCUT2D eigenvalue weighted by Crippen LogP contribution is 2.32. The first-order chi connectivity index (χ1) is 11.7. The molecule has 1 amide bonds. The Hall–Kier alpha value is -0.770. The minimum absolute atomic E-state index is 0.154. The number of likely N-dealkylation sites (tertiary alicyclic amines) is 1. The molecule has 1 saturated carbocycles. The highest BCUT2D eigenvalue weighted by Gasteiger charge is 2.35. The molecule has 0 aromatic rings. The van der Waals surface area contributed by atoms with E-state index in [0.29, 0.717) is 6.04 Å². The lowest BCUT2D eigenvalue weighted by Crippen LogP contribution is -2.51. The van der Waals surface area contributed by atoms with Gasteiger partial charge in [-0.1, -0.05) is 26.7 Å². The van der Waals surface area contributed by atoms with Crippen molar-refractivity contribution in [2.24, 2.45) is 11.3 Å². The highest BCUT2D eigenvalue weighted by atomic mass is 16.6. The average Bonchev–Trinajstić information content (AvgIpc) is 2.53. The van der Waals surface area contributed by atoms with E-state index in [0.717, 1.165) is 32.0 Å². The fraction of sp³-hybridized carbons (Fsp3) is 0.952. The van der Waals surface area contributed by atoms with Gasteiger partial charge < -0.3 is 15.0 Å². The number of nitrogens with zero attached hydrogens (tertiary/aromatic N) is 1. The van der Waals surface area contributed by atoms with Crippen LogP contribution in [0.4, 0.5) is 4.79 Å². The van der Waals surface area contributed by atoms with Gasteiger partial charge in [0.25, 0.3) is 0 Å². The zero-order valence-electron chi connectivity index (χ0n) is 17.2. The Morgan fingerprint density at radius 2 is 1.92 bits per heavy atom. The number of hydrogen-bond donors (Lipinski definition) is 1. The van der Waals surface area contributed by atoms with Gasteiger partial charge in [-0.2, -0.15) is 0 Å². The predicted octanol–water partition coefficient (Wildman–Crippen LogP) is 4.97. The van der Waals surface area contributed by atoms with Crippen LogP contribution in [0.2, 0.25) is 0 Å². The molecule has 25 heavy (non-hydrogen) atoms. The van der Waals surface area contributed by atoms with E-state index in [2.05, 4.69) is 19.2 Å². The molecule has 146 valence electrons. The van der Waals surface area contributed by atoms with Crippen LogP contribution in [0, 0.1) is 11.3 Å². The van der Waals surface area contributed by atoms with Crippen molar-refractivity contribution in [3.05, 3.63) is 0 Å². The Kier molecular flexibility index (Phi) is 7.19. The first kappa shape index (κ1) is 20.5. The van der Waals surface area contributed by atoms with Crippen LogP contribution >= 0.6 is 0 Å². The third kappa shape index (κ3) is 6.80. The first-order valence-corrected chi connectivity index (χ1v) is 10.4. The summed E-state index contributed by atoms with van der Waals surface area (Å²) in [6, 6.07) is 0.668. The van der Waals surface area contributed by atoms with Crippen LogP contribution in [-0.4, -0.2) is 42.3 Å². The van der Waals surface area contributed by atoms with Crippen LogP contribution in [0.1, 0.15) is 86.0 Å². The summed E-state index contributed by atoms with van der Waals surface area (Å²) in [5.74, 6) is 0.955. The topological polar surface area (TPSA) is 41.6 Å². The lowest BCUT2D eigenvalue weighted by atomic mass is 9.80. The monoisotopic (exact) mass is 352 g/mol. The van der Waals surface area contributed by atoms with Crippen molar-refractivity contribution in [3.63, 3.8) is 0 Å². The van der Waals surface area contributed by atoms with Crippen molar-refractivity contribution in [1.82, 2.24) is 10.2 Å². The smallest absolute Gasteiger partial charge is 0.410 e. The number of rotatable bonds is 5. The minimum Gasteiger partial charge on any atom is -0.444 e. The SMILES string of the molecule is CCCC1CCC(NCC2(C)CCCN(C(=O)OC(C)(C)C)C2)CC1. The molecule has 1 aliphatic carbocycles. The summed E-state index contributed by atoms with van der Waals surface area (Å²) < 4.78 is 5.57. The lowest BCUT2D eigenvalue weighted by Gasteiger charge is -2.42. The molecule has 1 aliphatic heterocycles. The van der Waals surface area contributed by atoms with Gasteiger partial charge in [0.2, 0.25) is 0 Å². The van der Waals surface area contributed by atoms with Crippen LogP contribution in [0.15, 0.2) is 0 Å². The zero-order chi connectivity index (χ0) is 18.5. The maximum atomic E-state index is 12.4. The van der Waals surface area contributed by atoms with Crippen LogP contribution < -0.4 is 5.32 Å². The summed E-state index contributed by atoms with van der Waals surface area (Å²) in [5, 5.41) is 3.82. The van der Waals surface area contributed by atoms with E-state index in [1.165, 1.54) is 44.9 Å². The molecule has 4 nitrogen and oxygen atoms in total. The Bertz CT molecular complexity index is 424. The van der Waals surface area contributed by atoms with E-state index < -0.39 is 5.60 Å². The summed E-state index contributed by atoms with van der Waals surface area (Å²) in [5.41, 5.74) is -0.254. The van der Waals surface area contributed by atoms with Crippen LogP contribution in [0.5, 0.6) is 0 Å². The van der Waals surface area contributed by atoms with Crippen molar-refractivity contribution in [3.8, 4) is 0 Å². The number of piperidine rings is 1. The fourth-order valence-corrected chi connectivity index (χ4v) is 4.40. The summed E-state index contributed by atoms with van der Waals surface area (Å²) in [4.78, 5) is 14.3. The molecule has 0 spiro atoms. The zero-order valence-corrected chi connectivity index (χ0v) is 17.2. The van der Waals surface area contributed by atoms with Gasteiger partial charge in [-0.3, -0.25) is 0 Å². The Labute approximate surface area is 155 Å². The number of carbonyl (C=O) groups excluding carboxylic acids is 1. The molecular weight excluding hydrogens is 312 g/mol. The van der Waals surface area contributed by atoms with Crippen molar-refractivity contribution >= 4 is 6.09 Å². The second-order valence-electron chi connectivity index (χ2n) is 9.70. The number of carbonyl (C=O) groups is 1. The third-order valence-corrected chi connectivity index (χ3v) is 5.79. The molecule has 2 rings (SSSR count). The van der Waals surface area contributed by atoms with Crippen molar-refractivity contribution < 1.29 is 9.53 Å². The molecule has 0 radical (unpaired) electrons.